The van der Waals surface area contributed by atoms with E-state index < -0.39 is 11.6 Å². The quantitative estimate of drug-likeness (QED) is 0.308. The number of ketones is 1. The van der Waals surface area contributed by atoms with Crippen molar-refractivity contribution >= 4 is 23.1 Å². The molecule has 0 aliphatic carbocycles. The van der Waals surface area contributed by atoms with Crippen LogP contribution in [-0.4, -0.2) is 39.1 Å². The van der Waals surface area contributed by atoms with Gasteiger partial charge in [-0.1, -0.05) is 12.0 Å². The molecule has 8 heteroatoms. The number of aromatic nitrogens is 2. The van der Waals surface area contributed by atoms with Crippen molar-refractivity contribution < 1.29 is 23.5 Å². The molecule has 0 bridgehead atoms. The van der Waals surface area contributed by atoms with E-state index in [-0.39, 0.29) is 43.4 Å². The molecule has 0 unspecified atom stereocenters. The van der Waals surface area contributed by atoms with E-state index in [2.05, 4.69) is 16.8 Å². The van der Waals surface area contributed by atoms with Crippen LogP contribution >= 0.6 is 0 Å². The highest BCUT2D eigenvalue weighted by Crippen LogP contribution is 2.14. The van der Waals surface area contributed by atoms with E-state index in [0.717, 1.165) is 0 Å². The first-order valence-electron chi connectivity index (χ1n) is 10.7. The number of fused-ring (bicyclic) bond motifs is 1. The van der Waals surface area contributed by atoms with Crippen molar-refractivity contribution in [3.63, 3.8) is 0 Å². The fourth-order valence-corrected chi connectivity index (χ4v) is 3.11. The Labute approximate surface area is 197 Å². The second-order valence-corrected chi connectivity index (χ2v) is 8.67. The molecule has 1 aromatic carbocycles. The monoisotopic (exact) mass is 463 g/mol. The molecule has 1 N–H and O–H groups in total. The lowest BCUT2D eigenvalue weighted by atomic mass is 10.1. The molecule has 3 aromatic rings. The SMILES string of the molecule is CC(C)(C)OC(=O)CC(=N)CC(=O)COCc1nc2ccccn2c1C#Cc1ccc(F)cc1. The lowest BCUT2D eigenvalue weighted by Gasteiger charge is -2.19. The highest BCUT2D eigenvalue weighted by Gasteiger charge is 2.19. The Morgan fingerprint density at radius 3 is 2.53 bits per heavy atom. The number of Topliss-reactive ketones (excluding diaryl/α,β-unsaturated/α-hetero) is 1. The van der Waals surface area contributed by atoms with Crippen LogP contribution in [0.5, 0.6) is 0 Å². The molecular formula is C26H26FN3O4. The summed E-state index contributed by atoms with van der Waals surface area (Å²) in [5.74, 6) is 4.86. The minimum Gasteiger partial charge on any atom is -0.460 e. The molecule has 0 aliphatic heterocycles. The van der Waals surface area contributed by atoms with Crippen molar-refractivity contribution in [3.05, 3.63) is 71.4 Å². The van der Waals surface area contributed by atoms with Crippen molar-refractivity contribution in [3.8, 4) is 11.8 Å². The maximum atomic E-state index is 13.1. The standard InChI is InChI=1S/C26H26FN3O4/c1-26(2,3)34-25(32)15-20(28)14-21(31)16-33-17-22-23(30-13-5-4-6-24(30)29-22)12-9-18-7-10-19(27)11-8-18/h4-8,10-11,13,28H,14-17H2,1-3H3. The van der Waals surface area contributed by atoms with Gasteiger partial charge in [0.1, 0.15) is 35.1 Å². The second kappa shape index (κ2) is 10.9. The van der Waals surface area contributed by atoms with Crippen molar-refractivity contribution in [2.24, 2.45) is 0 Å². The molecule has 0 aliphatic rings. The Bertz CT molecular complexity index is 1260. The van der Waals surface area contributed by atoms with E-state index in [0.29, 0.717) is 22.6 Å². The zero-order valence-corrected chi connectivity index (χ0v) is 19.4. The van der Waals surface area contributed by atoms with Gasteiger partial charge in [0.05, 0.1) is 13.0 Å². The molecule has 3 rings (SSSR count). The minimum absolute atomic E-state index is 0.0265. The van der Waals surface area contributed by atoms with Crippen molar-refractivity contribution in [1.29, 1.82) is 5.41 Å². The second-order valence-electron chi connectivity index (χ2n) is 8.67. The molecule has 0 fully saturated rings. The average Bonchev–Trinajstić information content (AvgIpc) is 3.09. The van der Waals surface area contributed by atoms with E-state index in [1.807, 2.05) is 28.8 Å². The van der Waals surface area contributed by atoms with Gasteiger partial charge in [0.15, 0.2) is 5.78 Å². The Hall–Kier alpha value is -3.83. The Morgan fingerprint density at radius 2 is 1.82 bits per heavy atom. The third-order valence-corrected chi connectivity index (χ3v) is 4.46. The highest BCUT2D eigenvalue weighted by atomic mass is 19.1. The maximum Gasteiger partial charge on any atom is 0.312 e. The van der Waals surface area contributed by atoms with Crippen LogP contribution in [0.1, 0.15) is 50.6 Å². The van der Waals surface area contributed by atoms with Crippen LogP contribution in [-0.2, 0) is 25.7 Å². The lowest BCUT2D eigenvalue weighted by molar-refractivity contribution is -0.153. The predicted octanol–water partition coefficient (Wildman–Crippen LogP) is 4.10. The number of benzene rings is 1. The molecule has 0 spiro atoms. The summed E-state index contributed by atoms with van der Waals surface area (Å²) in [7, 11) is 0. The van der Waals surface area contributed by atoms with Crippen LogP contribution in [0.4, 0.5) is 4.39 Å². The summed E-state index contributed by atoms with van der Waals surface area (Å²) in [6.07, 6.45) is 1.39. The molecule has 0 radical (unpaired) electrons. The molecule has 0 atom stereocenters. The van der Waals surface area contributed by atoms with Gasteiger partial charge in [-0.05, 0) is 63.1 Å². The number of hydrogen-bond donors (Lipinski definition) is 1. The zero-order chi connectivity index (χ0) is 24.7. The maximum absolute atomic E-state index is 13.1. The van der Waals surface area contributed by atoms with Crippen molar-refractivity contribution in [2.75, 3.05) is 6.61 Å². The number of carbonyl (C=O) groups excluding carboxylic acids is 2. The Kier molecular flexibility index (Phi) is 7.92. The third-order valence-electron chi connectivity index (χ3n) is 4.46. The van der Waals surface area contributed by atoms with E-state index in [1.54, 1.807) is 32.9 Å². The first kappa shape index (κ1) is 24.8. The van der Waals surface area contributed by atoms with E-state index >= 15 is 0 Å². The molecular weight excluding hydrogens is 437 g/mol. The fraction of sp³-hybridized carbons (Fsp3) is 0.308. The number of rotatable bonds is 8. The molecule has 2 aromatic heterocycles. The topological polar surface area (TPSA) is 93.8 Å². The van der Waals surface area contributed by atoms with Crippen LogP contribution in [0.25, 0.3) is 5.65 Å². The Balaban J connectivity index is 1.61. The number of halogens is 1. The highest BCUT2D eigenvalue weighted by molar-refractivity contribution is 6.07. The molecule has 0 amide bonds. The van der Waals surface area contributed by atoms with Crippen LogP contribution in [0, 0.1) is 23.1 Å². The van der Waals surface area contributed by atoms with Gasteiger partial charge in [0, 0.05) is 23.9 Å². The summed E-state index contributed by atoms with van der Waals surface area (Å²) >= 11 is 0. The minimum atomic E-state index is -0.643. The van der Waals surface area contributed by atoms with Crippen LogP contribution in [0.2, 0.25) is 0 Å². The number of esters is 1. The summed E-state index contributed by atoms with van der Waals surface area (Å²) in [6, 6.07) is 11.4. The first-order valence-corrected chi connectivity index (χ1v) is 10.7. The van der Waals surface area contributed by atoms with Crippen LogP contribution < -0.4 is 0 Å². The van der Waals surface area contributed by atoms with Crippen molar-refractivity contribution in [2.45, 2.75) is 45.8 Å². The molecule has 7 nitrogen and oxygen atoms in total. The van der Waals surface area contributed by atoms with E-state index in [1.165, 1.54) is 12.1 Å². The normalized spacial score (nSPS) is 11.1. The predicted molar refractivity (Wildman–Crippen MR) is 125 cm³/mol. The van der Waals surface area contributed by atoms with Gasteiger partial charge in [0.2, 0.25) is 0 Å². The number of nitrogens with one attached hydrogen (secondary N) is 1. The molecule has 176 valence electrons. The average molecular weight is 464 g/mol. The van der Waals surface area contributed by atoms with Gasteiger partial charge < -0.3 is 14.9 Å². The van der Waals surface area contributed by atoms with Crippen molar-refractivity contribution in [1.82, 2.24) is 9.38 Å². The van der Waals surface area contributed by atoms with Crippen LogP contribution in [0.3, 0.4) is 0 Å². The number of nitrogens with zero attached hydrogens (tertiary/aromatic N) is 2. The van der Waals surface area contributed by atoms with Crippen LogP contribution in [0.15, 0.2) is 48.7 Å². The molecule has 0 saturated carbocycles. The number of imidazole rings is 1. The lowest BCUT2D eigenvalue weighted by Crippen LogP contribution is -2.26. The summed E-state index contributed by atoms with van der Waals surface area (Å²) in [4.78, 5) is 28.5. The zero-order valence-electron chi connectivity index (χ0n) is 19.4. The van der Waals surface area contributed by atoms with Gasteiger partial charge in [-0.2, -0.15) is 0 Å². The smallest absolute Gasteiger partial charge is 0.312 e. The number of ether oxygens (including phenoxy) is 2. The van der Waals surface area contributed by atoms with Gasteiger partial charge >= 0.3 is 5.97 Å². The summed E-state index contributed by atoms with van der Waals surface area (Å²) in [5.41, 5.74) is 1.81. The molecule has 0 saturated heterocycles. The summed E-state index contributed by atoms with van der Waals surface area (Å²) in [5, 5.41) is 7.88. The van der Waals surface area contributed by atoms with Gasteiger partial charge in [-0.15, -0.1) is 0 Å². The summed E-state index contributed by atoms with van der Waals surface area (Å²) in [6.45, 7) is 5.04. The Morgan fingerprint density at radius 1 is 1.09 bits per heavy atom. The first-order chi connectivity index (χ1) is 16.1. The summed E-state index contributed by atoms with van der Waals surface area (Å²) < 4.78 is 25.7. The molecule has 2 heterocycles. The van der Waals surface area contributed by atoms with Gasteiger partial charge in [-0.25, -0.2) is 9.37 Å². The van der Waals surface area contributed by atoms with Gasteiger partial charge in [0.25, 0.3) is 0 Å². The van der Waals surface area contributed by atoms with E-state index in [9.17, 15) is 14.0 Å². The molecule has 34 heavy (non-hydrogen) atoms. The number of pyridine rings is 1. The fourth-order valence-electron chi connectivity index (χ4n) is 3.11. The van der Waals surface area contributed by atoms with Gasteiger partial charge in [-0.3, -0.25) is 14.0 Å². The third kappa shape index (κ3) is 7.36. The number of hydrogen-bond acceptors (Lipinski definition) is 6. The van der Waals surface area contributed by atoms with E-state index in [4.69, 9.17) is 14.9 Å². The number of carbonyl (C=O) groups is 2. The largest absolute Gasteiger partial charge is 0.460 e.